The molecule has 25 heavy (non-hydrogen) atoms. The van der Waals surface area contributed by atoms with E-state index in [4.69, 9.17) is 34.8 Å². The Bertz CT molecular complexity index is 782. The molecule has 1 saturated heterocycles. The highest BCUT2D eigenvalue weighted by molar-refractivity contribution is 6.35. The summed E-state index contributed by atoms with van der Waals surface area (Å²) in [6.07, 6.45) is 3.29. The Kier molecular flexibility index (Phi) is 5.89. The largest absolute Gasteiger partial charge is 0.368 e. The van der Waals surface area contributed by atoms with Gasteiger partial charge in [0.1, 0.15) is 0 Å². The van der Waals surface area contributed by atoms with Crippen LogP contribution in [0.1, 0.15) is 5.56 Å². The summed E-state index contributed by atoms with van der Waals surface area (Å²) in [6, 6.07) is 13.0. The van der Waals surface area contributed by atoms with Gasteiger partial charge in [-0.2, -0.15) is 0 Å². The Morgan fingerprint density at radius 3 is 2.16 bits per heavy atom. The molecule has 0 saturated carbocycles. The lowest BCUT2D eigenvalue weighted by molar-refractivity contribution is -0.126. The van der Waals surface area contributed by atoms with Gasteiger partial charge in [0.15, 0.2) is 0 Å². The molecule has 1 fully saturated rings. The molecule has 0 radical (unpaired) electrons. The number of benzene rings is 2. The first kappa shape index (κ1) is 18.1. The first-order chi connectivity index (χ1) is 12.0. The van der Waals surface area contributed by atoms with E-state index in [2.05, 4.69) is 4.90 Å². The van der Waals surface area contributed by atoms with Gasteiger partial charge in [-0.1, -0.05) is 40.9 Å². The number of carbonyl (C=O) groups is 1. The fourth-order valence-electron chi connectivity index (χ4n) is 2.74. The zero-order valence-corrected chi connectivity index (χ0v) is 15.7. The number of amides is 1. The van der Waals surface area contributed by atoms with Crippen LogP contribution in [-0.4, -0.2) is 37.0 Å². The van der Waals surface area contributed by atoms with Crippen molar-refractivity contribution in [3.05, 3.63) is 69.2 Å². The van der Waals surface area contributed by atoms with Crippen LogP contribution >= 0.6 is 34.8 Å². The molecule has 0 aliphatic carbocycles. The minimum atomic E-state index is -0.0122. The number of piperazine rings is 1. The molecule has 0 atom stereocenters. The van der Waals surface area contributed by atoms with Crippen molar-refractivity contribution < 1.29 is 4.79 Å². The Labute approximate surface area is 162 Å². The highest BCUT2D eigenvalue weighted by Gasteiger charge is 2.19. The molecular formula is C19H17Cl3N2O. The molecule has 3 nitrogen and oxygen atoms in total. The van der Waals surface area contributed by atoms with Crippen molar-refractivity contribution in [1.29, 1.82) is 0 Å². The van der Waals surface area contributed by atoms with Gasteiger partial charge >= 0.3 is 0 Å². The molecule has 0 spiro atoms. The Morgan fingerprint density at radius 2 is 1.52 bits per heavy atom. The molecule has 130 valence electrons. The highest BCUT2D eigenvalue weighted by atomic mass is 35.5. The molecule has 3 rings (SSSR count). The number of hydrogen-bond acceptors (Lipinski definition) is 2. The second-order valence-corrected chi connectivity index (χ2v) is 7.07. The van der Waals surface area contributed by atoms with Gasteiger partial charge in [0.2, 0.25) is 5.91 Å². The summed E-state index contributed by atoms with van der Waals surface area (Å²) in [4.78, 5) is 16.5. The molecule has 1 aliphatic heterocycles. The van der Waals surface area contributed by atoms with Crippen LogP contribution in [0.4, 0.5) is 5.69 Å². The normalized spacial score (nSPS) is 15.0. The van der Waals surface area contributed by atoms with E-state index < -0.39 is 0 Å². The van der Waals surface area contributed by atoms with Crippen molar-refractivity contribution in [3.8, 4) is 0 Å². The molecule has 1 heterocycles. The van der Waals surface area contributed by atoms with E-state index in [1.807, 2.05) is 29.2 Å². The molecule has 0 unspecified atom stereocenters. The third-order valence-corrected chi connectivity index (χ3v) is 4.97. The standard InChI is InChI=1S/C19H17Cl3N2O/c20-15-4-6-17(7-5-15)23-9-11-24(12-10-23)19(25)8-2-14-1-3-16(21)13-18(14)22/h1-8,13H,9-12H2/b8-2+. The monoisotopic (exact) mass is 394 g/mol. The molecule has 1 amide bonds. The smallest absolute Gasteiger partial charge is 0.246 e. The maximum absolute atomic E-state index is 12.4. The van der Waals surface area contributed by atoms with Crippen LogP contribution in [0.5, 0.6) is 0 Å². The first-order valence-electron chi connectivity index (χ1n) is 7.95. The van der Waals surface area contributed by atoms with Crippen LogP contribution < -0.4 is 4.90 Å². The molecule has 2 aromatic carbocycles. The maximum Gasteiger partial charge on any atom is 0.246 e. The quantitative estimate of drug-likeness (QED) is 0.682. The summed E-state index contributed by atoms with van der Waals surface area (Å²) >= 11 is 17.9. The molecule has 6 heteroatoms. The van der Waals surface area contributed by atoms with Crippen molar-refractivity contribution >= 4 is 52.5 Å². The molecule has 1 aliphatic rings. The molecule has 0 aromatic heterocycles. The van der Waals surface area contributed by atoms with E-state index in [0.717, 1.165) is 29.4 Å². The van der Waals surface area contributed by atoms with Gasteiger partial charge in [-0.15, -0.1) is 0 Å². The molecule has 0 bridgehead atoms. The second kappa shape index (κ2) is 8.13. The highest BCUT2D eigenvalue weighted by Crippen LogP contribution is 2.22. The van der Waals surface area contributed by atoms with Crippen LogP contribution in [0.3, 0.4) is 0 Å². The number of anilines is 1. The minimum absolute atomic E-state index is 0.0122. The summed E-state index contributed by atoms with van der Waals surface area (Å²) in [7, 11) is 0. The zero-order valence-electron chi connectivity index (χ0n) is 13.5. The van der Waals surface area contributed by atoms with Crippen LogP contribution in [0, 0.1) is 0 Å². The first-order valence-corrected chi connectivity index (χ1v) is 9.09. The van der Waals surface area contributed by atoms with E-state index in [0.29, 0.717) is 23.1 Å². The summed E-state index contributed by atoms with van der Waals surface area (Å²) in [5.74, 6) is -0.0122. The topological polar surface area (TPSA) is 23.6 Å². The average Bonchev–Trinajstić information content (AvgIpc) is 2.61. The third kappa shape index (κ3) is 4.69. The number of carbonyl (C=O) groups excluding carboxylic acids is 1. The average molecular weight is 396 g/mol. The van der Waals surface area contributed by atoms with E-state index >= 15 is 0 Å². The Hall–Kier alpha value is -1.68. The van der Waals surface area contributed by atoms with Crippen molar-refractivity contribution in [2.24, 2.45) is 0 Å². The third-order valence-electron chi connectivity index (χ3n) is 4.15. The summed E-state index contributed by atoms with van der Waals surface area (Å²) in [5.41, 5.74) is 1.90. The maximum atomic E-state index is 12.4. The Morgan fingerprint density at radius 1 is 0.880 bits per heavy atom. The van der Waals surface area contributed by atoms with Gasteiger partial charge < -0.3 is 9.80 Å². The van der Waals surface area contributed by atoms with E-state index in [1.165, 1.54) is 0 Å². The van der Waals surface area contributed by atoms with Crippen molar-refractivity contribution in [2.45, 2.75) is 0 Å². The fraction of sp³-hybridized carbons (Fsp3) is 0.211. The van der Waals surface area contributed by atoms with Crippen molar-refractivity contribution in [1.82, 2.24) is 4.90 Å². The van der Waals surface area contributed by atoms with E-state index in [-0.39, 0.29) is 5.91 Å². The van der Waals surface area contributed by atoms with Gasteiger partial charge in [0.25, 0.3) is 0 Å². The predicted octanol–water partition coefficient (Wildman–Crippen LogP) is 5.01. The number of nitrogens with zero attached hydrogens (tertiary/aromatic N) is 2. The van der Waals surface area contributed by atoms with Gasteiger partial charge in [-0.3, -0.25) is 4.79 Å². The second-order valence-electron chi connectivity index (χ2n) is 5.79. The predicted molar refractivity (Wildman–Crippen MR) is 106 cm³/mol. The van der Waals surface area contributed by atoms with Crippen LogP contribution in [-0.2, 0) is 4.79 Å². The number of hydrogen-bond donors (Lipinski definition) is 0. The lowest BCUT2D eigenvalue weighted by Crippen LogP contribution is -2.48. The van der Waals surface area contributed by atoms with Crippen LogP contribution in [0.25, 0.3) is 6.08 Å². The lowest BCUT2D eigenvalue weighted by Gasteiger charge is -2.35. The number of rotatable bonds is 3. The summed E-state index contributed by atoms with van der Waals surface area (Å²) in [6.45, 7) is 2.95. The summed E-state index contributed by atoms with van der Waals surface area (Å²) in [5, 5.41) is 1.83. The molecule has 0 N–H and O–H groups in total. The van der Waals surface area contributed by atoms with Gasteiger partial charge in [-0.05, 0) is 48.0 Å². The van der Waals surface area contributed by atoms with Crippen LogP contribution in [0.2, 0.25) is 15.1 Å². The summed E-state index contributed by atoms with van der Waals surface area (Å²) < 4.78 is 0. The van der Waals surface area contributed by atoms with Gasteiger partial charge in [-0.25, -0.2) is 0 Å². The van der Waals surface area contributed by atoms with E-state index in [9.17, 15) is 4.79 Å². The molecule has 2 aromatic rings. The van der Waals surface area contributed by atoms with Crippen molar-refractivity contribution in [2.75, 3.05) is 31.1 Å². The molecular weight excluding hydrogens is 379 g/mol. The van der Waals surface area contributed by atoms with Crippen molar-refractivity contribution in [3.63, 3.8) is 0 Å². The zero-order chi connectivity index (χ0) is 17.8. The van der Waals surface area contributed by atoms with Gasteiger partial charge in [0, 0.05) is 53.0 Å². The Balaban J connectivity index is 1.58. The number of halogens is 3. The lowest BCUT2D eigenvalue weighted by atomic mass is 10.2. The minimum Gasteiger partial charge on any atom is -0.368 e. The SMILES string of the molecule is O=C(/C=C/c1ccc(Cl)cc1Cl)N1CCN(c2ccc(Cl)cc2)CC1. The van der Waals surface area contributed by atoms with E-state index in [1.54, 1.807) is 30.4 Å². The fourth-order valence-corrected chi connectivity index (χ4v) is 3.34. The van der Waals surface area contributed by atoms with Gasteiger partial charge in [0.05, 0.1) is 0 Å². The van der Waals surface area contributed by atoms with Crippen LogP contribution in [0.15, 0.2) is 48.5 Å².